The van der Waals surface area contributed by atoms with Crippen molar-refractivity contribution in [3.63, 3.8) is 0 Å². The molecule has 1 aromatic carbocycles. The molecule has 1 aromatic rings. The molecule has 1 N–H and O–H groups in total. The zero-order chi connectivity index (χ0) is 9.80. The lowest BCUT2D eigenvalue weighted by Gasteiger charge is -2.31. The molecule has 0 spiro atoms. The van der Waals surface area contributed by atoms with Crippen molar-refractivity contribution >= 4 is 5.69 Å². The molecule has 1 aliphatic rings. The molecule has 0 aromatic heterocycles. The van der Waals surface area contributed by atoms with Crippen LogP contribution in [0.1, 0.15) is 19.8 Å². The first kappa shape index (κ1) is 9.53. The number of anilines is 1. The molecule has 14 heavy (non-hydrogen) atoms. The van der Waals surface area contributed by atoms with Crippen LogP contribution in [-0.4, -0.2) is 18.1 Å². The zero-order valence-corrected chi connectivity index (χ0v) is 8.74. The predicted octanol–water partition coefficient (Wildman–Crippen LogP) is 2.75. The number of para-hydroxylation sites is 1. The van der Waals surface area contributed by atoms with E-state index in [0.717, 1.165) is 12.5 Å². The van der Waals surface area contributed by atoms with Gasteiger partial charge in [0.15, 0.2) is 0 Å². The van der Waals surface area contributed by atoms with Gasteiger partial charge >= 0.3 is 0 Å². The summed E-state index contributed by atoms with van der Waals surface area (Å²) in [5.41, 5.74) is 4.64. The molecule has 0 aliphatic carbocycles. The Morgan fingerprint density at radius 3 is 2.79 bits per heavy atom. The lowest BCUT2D eigenvalue weighted by molar-refractivity contribution is 0.219. The van der Waals surface area contributed by atoms with Crippen LogP contribution in [0.3, 0.4) is 0 Å². The number of hydrogen-bond acceptors (Lipinski definition) is 2. The SMILES string of the molecule is CC1CCCN(Nc2ccccc2)C1. The van der Waals surface area contributed by atoms with Gasteiger partial charge in [-0.15, -0.1) is 0 Å². The van der Waals surface area contributed by atoms with Crippen LogP contribution in [0.4, 0.5) is 5.69 Å². The molecule has 1 atom stereocenters. The van der Waals surface area contributed by atoms with Gasteiger partial charge in [-0.25, -0.2) is 5.01 Å². The number of hydrogen-bond donors (Lipinski definition) is 1. The first-order chi connectivity index (χ1) is 6.84. The fraction of sp³-hybridized carbons (Fsp3) is 0.500. The fourth-order valence-corrected chi connectivity index (χ4v) is 1.99. The van der Waals surface area contributed by atoms with Gasteiger partial charge in [0.25, 0.3) is 0 Å². The number of piperidine rings is 1. The minimum atomic E-state index is 0.819. The largest absolute Gasteiger partial charge is 0.319 e. The highest BCUT2D eigenvalue weighted by molar-refractivity contribution is 5.41. The highest BCUT2D eigenvalue weighted by Gasteiger charge is 2.15. The van der Waals surface area contributed by atoms with E-state index in [1.165, 1.54) is 25.1 Å². The van der Waals surface area contributed by atoms with Crippen LogP contribution in [0.15, 0.2) is 30.3 Å². The summed E-state index contributed by atoms with van der Waals surface area (Å²) in [6.45, 7) is 4.65. The van der Waals surface area contributed by atoms with E-state index < -0.39 is 0 Å². The molecule has 1 aliphatic heterocycles. The quantitative estimate of drug-likeness (QED) is 0.771. The van der Waals surface area contributed by atoms with E-state index in [1.807, 2.05) is 6.07 Å². The molecule has 0 bridgehead atoms. The smallest absolute Gasteiger partial charge is 0.0490 e. The molecule has 1 unspecified atom stereocenters. The summed E-state index contributed by atoms with van der Waals surface area (Å²) in [6, 6.07) is 10.4. The van der Waals surface area contributed by atoms with Gasteiger partial charge in [0.2, 0.25) is 0 Å². The Hall–Kier alpha value is -1.02. The summed E-state index contributed by atoms with van der Waals surface area (Å²) in [6.07, 6.45) is 2.67. The van der Waals surface area contributed by atoms with Crippen LogP contribution in [-0.2, 0) is 0 Å². The van der Waals surface area contributed by atoms with Crippen LogP contribution < -0.4 is 5.43 Å². The summed E-state index contributed by atoms with van der Waals surface area (Å²) in [7, 11) is 0. The van der Waals surface area contributed by atoms with Gasteiger partial charge in [0, 0.05) is 18.8 Å². The number of nitrogens with one attached hydrogen (secondary N) is 1. The van der Waals surface area contributed by atoms with E-state index >= 15 is 0 Å². The van der Waals surface area contributed by atoms with E-state index in [1.54, 1.807) is 0 Å². The van der Waals surface area contributed by atoms with Crippen LogP contribution >= 0.6 is 0 Å². The molecule has 0 amide bonds. The summed E-state index contributed by atoms with van der Waals surface area (Å²) in [5.74, 6) is 0.819. The topological polar surface area (TPSA) is 15.3 Å². The Morgan fingerprint density at radius 1 is 1.29 bits per heavy atom. The summed E-state index contributed by atoms with van der Waals surface area (Å²) < 4.78 is 0. The Morgan fingerprint density at radius 2 is 2.07 bits per heavy atom. The lowest BCUT2D eigenvalue weighted by atomic mass is 10.0. The van der Waals surface area contributed by atoms with Crippen molar-refractivity contribution in [1.29, 1.82) is 0 Å². The van der Waals surface area contributed by atoms with Gasteiger partial charge in [0.1, 0.15) is 0 Å². The molecule has 2 nitrogen and oxygen atoms in total. The van der Waals surface area contributed by atoms with Crippen molar-refractivity contribution in [2.75, 3.05) is 18.5 Å². The average molecular weight is 190 g/mol. The molecule has 2 rings (SSSR count). The third-order valence-corrected chi connectivity index (χ3v) is 2.72. The summed E-state index contributed by atoms with van der Waals surface area (Å²) in [4.78, 5) is 0. The van der Waals surface area contributed by atoms with E-state index in [0.29, 0.717) is 0 Å². The van der Waals surface area contributed by atoms with Crippen molar-refractivity contribution in [2.45, 2.75) is 19.8 Å². The second kappa shape index (κ2) is 4.47. The molecule has 2 heteroatoms. The molecule has 1 saturated heterocycles. The number of nitrogens with zero attached hydrogens (tertiary/aromatic N) is 1. The second-order valence-electron chi connectivity index (χ2n) is 4.17. The van der Waals surface area contributed by atoms with Crippen molar-refractivity contribution < 1.29 is 0 Å². The number of benzene rings is 1. The molecule has 0 saturated carbocycles. The van der Waals surface area contributed by atoms with Gasteiger partial charge in [-0.2, -0.15) is 0 Å². The average Bonchev–Trinajstić information content (AvgIpc) is 2.19. The Kier molecular flexibility index (Phi) is 3.04. The van der Waals surface area contributed by atoms with Crippen LogP contribution in [0.5, 0.6) is 0 Å². The van der Waals surface area contributed by atoms with Crippen LogP contribution in [0, 0.1) is 5.92 Å². The van der Waals surface area contributed by atoms with Crippen molar-refractivity contribution in [1.82, 2.24) is 5.01 Å². The van der Waals surface area contributed by atoms with Gasteiger partial charge in [-0.3, -0.25) is 0 Å². The summed E-state index contributed by atoms with van der Waals surface area (Å²) in [5, 5.41) is 2.32. The second-order valence-corrected chi connectivity index (χ2v) is 4.17. The maximum atomic E-state index is 3.44. The van der Waals surface area contributed by atoms with Gasteiger partial charge in [-0.05, 0) is 30.9 Å². The monoisotopic (exact) mass is 190 g/mol. The van der Waals surface area contributed by atoms with E-state index in [2.05, 4.69) is 41.6 Å². The minimum absolute atomic E-state index is 0.819. The Balaban J connectivity index is 1.91. The normalized spacial score (nSPS) is 23.4. The lowest BCUT2D eigenvalue weighted by Crippen LogP contribution is -2.38. The third-order valence-electron chi connectivity index (χ3n) is 2.72. The minimum Gasteiger partial charge on any atom is -0.319 e. The maximum Gasteiger partial charge on any atom is 0.0490 e. The van der Waals surface area contributed by atoms with Crippen molar-refractivity contribution in [3.05, 3.63) is 30.3 Å². The molecular weight excluding hydrogens is 172 g/mol. The predicted molar refractivity (Wildman–Crippen MR) is 60.0 cm³/mol. The standard InChI is InChI=1S/C12H18N2/c1-11-6-5-9-14(10-11)13-12-7-3-2-4-8-12/h2-4,7-8,11,13H,5-6,9-10H2,1H3. The first-order valence-corrected chi connectivity index (χ1v) is 5.41. The molecular formula is C12H18N2. The van der Waals surface area contributed by atoms with Gasteiger partial charge in [-0.1, -0.05) is 25.1 Å². The Bertz CT molecular complexity index is 271. The van der Waals surface area contributed by atoms with Crippen LogP contribution in [0.25, 0.3) is 0 Å². The zero-order valence-electron chi connectivity index (χ0n) is 8.74. The molecule has 1 fully saturated rings. The van der Waals surface area contributed by atoms with Gasteiger partial charge < -0.3 is 5.43 Å². The van der Waals surface area contributed by atoms with E-state index in [4.69, 9.17) is 0 Å². The van der Waals surface area contributed by atoms with Gasteiger partial charge in [0.05, 0.1) is 0 Å². The van der Waals surface area contributed by atoms with E-state index in [-0.39, 0.29) is 0 Å². The first-order valence-electron chi connectivity index (χ1n) is 5.41. The molecule has 1 heterocycles. The third kappa shape index (κ3) is 2.48. The number of hydrazine groups is 1. The highest BCUT2D eigenvalue weighted by Crippen LogP contribution is 2.16. The highest BCUT2D eigenvalue weighted by atomic mass is 15.5. The Labute approximate surface area is 85.9 Å². The van der Waals surface area contributed by atoms with Crippen molar-refractivity contribution in [2.24, 2.45) is 5.92 Å². The van der Waals surface area contributed by atoms with Crippen molar-refractivity contribution in [3.8, 4) is 0 Å². The van der Waals surface area contributed by atoms with Crippen LogP contribution in [0.2, 0.25) is 0 Å². The summed E-state index contributed by atoms with van der Waals surface area (Å²) >= 11 is 0. The maximum absolute atomic E-state index is 3.44. The number of rotatable bonds is 2. The molecule has 0 radical (unpaired) electrons. The van der Waals surface area contributed by atoms with E-state index in [9.17, 15) is 0 Å². The molecule has 76 valence electrons. The fourth-order valence-electron chi connectivity index (χ4n) is 1.99.